The summed E-state index contributed by atoms with van der Waals surface area (Å²) in [5.41, 5.74) is 0.850. The molecule has 1 amide bonds. The van der Waals surface area contributed by atoms with Crippen LogP contribution < -0.4 is 0 Å². The van der Waals surface area contributed by atoms with Crippen LogP contribution in [0.2, 0.25) is 0 Å². The average Bonchev–Trinajstić information content (AvgIpc) is 3.04. The van der Waals surface area contributed by atoms with E-state index in [1.165, 1.54) is 0 Å². The topological polar surface area (TPSA) is 80.8 Å². The van der Waals surface area contributed by atoms with Gasteiger partial charge in [-0.15, -0.1) is 0 Å². The molecule has 1 aliphatic heterocycles. The van der Waals surface area contributed by atoms with E-state index in [0.717, 1.165) is 16.3 Å². The van der Waals surface area contributed by atoms with Gasteiger partial charge in [0, 0.05) is 12.6 Å². The molecule has 0 N–H and O–H groups in total. The number of hydrogen-bond donors (Lipinski definition) is 0. The first-order valence-corrected chi connectivity index (χ1v) is 11.3. The molecular weight excluding hydrogens is 378 g/mol. The molecule has 0 aliphatic carbocycles. The Morgan fingerprint density at radius 1 is 1.14 bits per heavy atom. The lowest BCUT2D eigenvalue weighted by atomic mass is 10.0. The Kier molecular flexibility index (Phi) is 6.34. The minimum absolute atomic E-state index is 0.0112. The lowest BCUT2D eigenvalue weighted by Crippen LogP contribution is -2.43. The summed E-state index contributed by atoms with van der Waals surface area (Å²) in [7, 11) is -3.09. The summed E-state index contributed by atoms with van der Waals surface area (Å²) < 4.78 is 28.7. The molecule has 0 saturated carbocycles. The van der Waals surface area contributed by atoms with Crippen LogP contribution in [-0.2, 0) is 30.6 Å². The zero-order valence-electron chi connectivity index (χ0n) is 16.0. The van der Waals surface area contributed by atoms with Gasteiger partial charge in [-0.3, -0.25) is 9.59 Å². The molecule has 0 bridgehead atoms. The van der Waals surface area contributed by atoms with Gasteiger partial charge in [0.25, 0.3) is 5.91 Å². The number of esters is 1. The average molecular weight is 404 g/mol. The minimum Gasteiger partial charge on any atom is -0.455 e. The fraction of sp³-hybridized carbons (Fsp3) is 0.429. The molecule has 2 aromatic carbocycles. The number of amides is 1. The maximum atomic E-state index is 12.6. The van der Waals surface area contributed by atoms with Crippen molar-refractivity contribution in [1.29, 1.82) is 0 Å². The first-order chi connectivity index (χ1) is 13.4. The third-order valence-electron chi connectivity index (χ3n) is 5.01. The van der Waals surface area contributed by atoms with Crippen molar-refractivity contribution in [1.82, 2.24) is 4.90 Å². The number of carbonyl (C=O) groups excluding carboxylic acids is 2. The van der Waals surface area contributed by atoms with E-state index in [1.807, 2.05) is 49.4 Å². The molecule has 0 spiro atoms. The van der Waals surface area contributed by atoms with Gasteiger partial charge in [0.2, 0.25) is 0 Å². The van der Waals surface area contributed by atoms with Crippen LogP contribution in [0.3, 0.4) is 0 Å². The molecule has 1 heterocycles. The molecule has 0 radical (unpaired) electrons. The number of carbonyl (C=O) groups is 2. The van der Waals surface area contributed by atoms with Gasteiger partial charge in [-0.2, -0.15) is 0 Å². The number of sulfone groups is 1. The fourth-order valence-electron chi connectivity index (χ4n) is 3.65. The maximum absolute atomic E-state index is 12.6. The van der Waals surface area contributed by atoms with E-state index in [4.69, 9.17) is 4.74 Å². The highest BCUT2D eigenvalue weighted by atomic mass is 32.2. The van der Waals surface area contributed by atoms with Crippen molar-refractivity contribution in [3.8, 4) is 0 Å². The smallest absolute Gasteiger partial charge is 0.310 e. The van der Waals surface area contributed by atoms with E-state index in [2.05, 4.69) is 0 Å². The monoisotopic (exact) mass is 403 g/mol. The lowest BCUT2D eigenvalue weighted by Gasteiger charge is -2.27. The summed E-state index contributed by atoms with van der Waals surface area (Å²) in [6, 6.07) is 13.2. The molecule has 3 rings (SSSR count). The zero-order chi connectivity index (χ0) is 20.1. The van der Waals surface area contributed by atoms with Crippen molar-refractivity contribution >= 4 is 32.5 Å². The van der Waals surface area contributed by atoms with Gasteiger partial charge in [-0.25, -0.2) is 8.42 Å². The van der Waals surface area contributed by atoms with Crippen LogP contribution in [0.4, 0.5) is 0 Å². The molecule has 7 heteroatoms. The zero-order valence-corrected chi connectivity index (χ0v) is 16.8. The first-order valence-electron chi connectivity index (χ1n) is 9.52. The Hall–Kier alpha value is -2.41. The molecule has 2 aromatic rings. The van der Waals surface area contributed by atoms with Crippen LogP contribution >= 0.6 is 0 Å². The second-order valence-electron chi connectivity index (χ2n) is 7.12. The fourth-order valence-corrected chi connectivity index (χ4v) is 5.38. The number of benzene rings is 2. The normalized spacial score (nSPS) is 18.1. The molecule has 28 heavy (non-hydrogen) atoms. The van der Waals surface area contributed by atoms with Crippen LogP contribution in [0.15, 0.2) is 42.5 Å². The van der Waals surface area contributed by atoms with Gasteiger partial charge in [0.1, 0.15) is 0 Å². The molecule has 150 valence electrons. The number of ether oxygens (including phenoxy) is 1. The quantitative estimate of drug-likeness (QED) is 0.663. The largest absolute Gasteiger partial charge is 0.455 e. The van der Waals surface area contributed by atoms with Crippen molar-refractivity contribution in [3.05, 3.63) is 48.0 Å². The SMILES string of the molecule is CCCN(C(=O)COC(=O)Cc1cccc2ccccc12)[C@@H]1CCS(=O)(=O)C1. The van der Waals surface area contributed by atoms with Crippen LogP contribution in [0.1, 0.15) is 25.3 Å². The number of hydrogen-bond acceptors (Lipinski definition) is 5. The van der Waals surface area contributed by atoms with Crippen LogP contribution in [0.5, 0.6) is 0 Å². The van der Waals surface area contributed by atoms with Gasteiger partial charge in [0.05, 0.1) is 17.9 Å². The number of rotatable bonds is 7. The van der Waals surface area contributed by atoms with Crippen molar-refractivity contribution in [3.63, 3.8) is 0 Å². The van der Waals surface area contributed by atoms with E-state index < -0.39 is 15.8 Å². The Balaban J connectivity index is 1.60. The molecule has 1 saturated heterocycles. The van der Waals surface area contributed by atoms with Crippen molar-refractivity contribution in [2.45, 2.75) is 32.2 Å². The van der Waals surface area contributed by atoms with Crippen molar-refractivity contribution in [2.75, 3.05) is 24.7 Å². The van der Waals surface area contributed by atoms with Gasteiger partial charge in [-0.1, -0.05) is 49.4 Å². The molecule has 6 nitrogen and oxygen atoms in total. The third-order valence-corrected chi connectivity index (χ3v) is 6.76. The number of nitrogens with zero attached hydrogens (tertiary/aromatic N) is 1. The predicted molar refractivity (Wildman–Crippen MR) is 108 cm³/mol. The molecule has 0 aromatic heterocycles. The Morgan fingerprint density at radius 2 is 1.89 bits per heavy atom. The van der Waals surface area contributed by atoms with E-state index in [0.29, 0.717) is 19.4 Å². The molecule has 0 unspecified atom stereocenters. The Bertz CT molecular complexity index is 964. The minimum atomic E-state index is -3.09. The van der Waals surface area contributed by atoms with E-state index in [1.54, 1.807) is 4.90 Å². The highest BCUT2D eigenvalue weighted by Gasteiger charge is 2.34. The summed E-state index contributed by atoms with van der Waals surface area (Å²) >= 11 is 0. The van der Waals surface area contributed by atoms with Gasteiger partial charge in [0.15, 0.2) is 16.4 Å². The van der Waals surface area contributed by atoms with E-state index >= 15 is 0 Å². The Labute approximate surface area is 165 Å². The summed E-state index contributed by atoms with van der Waals surface area (Å²) in [4.78, 5) is 26.4. The van der Waals surface area contributed by atoms with E-state index in [-0.39, 0.29) is 36.5 Å². The van der Waals surface area contributed by atoms with Crippen LogP contribution in [0.25, 0.3) is 10.8 Å². The second-order valence-corrected chi connectivity index (χ2v) is 9.35. The highest BCUT2D eigenvalue weighted by molar-refractivity contribution is 7.91. The molecule has 1 aliphatic rings. The van der Waals surface area contributed by atoms with E-state index in [9.17, 15) is 18.0 Å². The first kappa shape index (κ1) is 20.3. The summed E-state index contributed by atoms with van der Waals surface area (Å²) in [6.07, 6.45) is 1.24. The second kappa shape index (κ2) is 8.73. The third kappa shape index (κ3) is 4.90. The van der Waals surface area contributed by atoms with Crippen molar-refractivity contribution < 1.29 is 22.7 Å². The summed E-state index contributed by atoms with van der Waals surface area (Å²) in [5, 5.41) is 2.03. The van der Waals surface area contributed by atoms with Crippen molar-refractivity contribution in [2.24, 2.45) is 0 Å². The molecular formula is C21H25NO5S. The van der Waals surface area contributed by atoms with Gasteiger partial charge < -0.3 is 9.64 Å². The molecule has 1 fully saturated rings. The van der Waals surface area contributed by atoms with Gasteiger partial charge in [-0.05, 0) is 29.2 Å². The highest BCUT2D eigenvalue weighted by Crippen LogP contribution is 2.20. The Morgan fingerprint density at radius 3 is 2.61 bits per heavy atom. The molecule has 1 atom stereocenters. The predicted octanol–water partition coefficient (Wildman–Crippen LogP) is 2.35. The summed E-state index contributed by atoms with van der Waals surface area (Å²) in [6.45, 7) is 2.02. The maximum Gasteiger partial charge on any atom is 0.310 e. The van der Waals surface area contributed by atoms with Crippen LogP contribution in [-0.4, -0.2) is 55.9 Å². The summed E-state index contributed by atoms with van der Waals surface area (Å²) in [5.74, 6) is -0.718. The standard InChI is InChI=1S/C21H25NO5S/c1-2-11-22(18-10-12-28(25,26)15-18)20(23)14-27-21(24)13-17-8-5-7-16-6-3-4-9-19(16)17/h3-9,18H,2,10-15H2,1H3/t18-/m1/s1. The van der Waals surface area contributed by atoms with Gasteiger partial charge >= 0.3 is 5.97 Å². The van der Waals surface area contributed by atoms with Crippen LogP contribution in [0, 0.1) is 0 Å². The lowest BCUT2D eigenvalue weighted by molar-refractivity contribution is -0.152. The number of fused-ring (bicyclic) bond motifs is 1.